The first-order valence-corrected chi connectivity index (χ1v) is 5.01. The van der Waals surface area contributed by atoms with Crippen molar-refractivity contribution in [3.8, 4) is 0 Å². The molecule has 0 atom stereocenters. The number of urea groups is 1. The van der Waals surface area contributed by atoms with Crippen LogP contribution in [0.1, 0.15) is 0 Å². The van der Waals surface area contributed by atoms with Crippen LogP contribution in [0.15, 0.2) is 24.3 Å². The van der Waals surface area contributed by atoms with Gasteiger partial charge < -0.3 is 16.0 Å². The summed E-state index contributed by atoms with van der Waals surface area (Å²) in [6.07, 6.45) is 0. The molecular formula is C10H12ClN3O2. The number of para-hydroxylation sites is 1. The molecule has 0 aliphatic carbocycles. The number of likely N-dealkylation sites (N-methyl/N-ethyl adjacent to an activating group) is 1. The van der Waals surface area contributed by atoms with Crippen LogP contribution >= 0.6 is 11.6 Å². The van der Waals surface area contributed by atoms with Crippen LogP contribution in [0.5, 0.6) is 0 Å². The molecule has 0 spiro atoms. The third-order valence-corrected chi connectivity index (χ3v) is 2.14. The smallest absolute Gasteiger partial charge is 0.319 e. The first-order valence-electron chi connectivity index (χ1n) is 4.63. The van der Waals surface area contributed by atoms with Gasteiger partial charge in [-0.25, -0.2) is 4.79 Å². The molecule has 0 saturated carbocycles. The maximum Gasteiger partial charge on any atom is 0.319 e. The molecule has 0 unspecified atom stereocenters. The third-order valence-electron chi connectivity index (χ3n) is 1.81. The van der Waals surface area contributed by atoms with E-state index in [1.54, 1.807) is 24.3 Å². The minimum absolute atomic E-state index is 0.0766. The summed E-state index contributed by atoms with van der Waals surface area (Å²) in [5.41, 5.74) is 0.499. The molecular weight excluding hydrogens is 230 g/mol. The Kier molecular flexibility index (Phi) is 4.60. The average molecular weight is 242 g/mol. The summed E-state index contributed by atoms with van der Waals surface area (Å²) in [6.45, 7) is -0.0766. The van der Waals surface area contributed by atoms with Crippen molar-refractivity contribution >= 4 is 29.2 Å². The zero-order valence-corrected chi connectivity index (χ0v) is 9.47. The lowest BCUT2D eigenvalue weighted by Crippen LogP contribution is -2.37. The molecule has 0 fully saturated rings. The van der Waals surface area contributed by atoms with E-state index in [0.29, 0.717) is 10.7 Å². The van der Waals surface area contributed by atoms with E-state index in [4.69, 9.17) is 11.6 Å². The highest BCUT2D eigenvalue weighted by molar-refractivity contribution is 6.33. The summed E-state index contributed by atoms with van der Waals surface area (Å²) < 4.78 is 0. The highest BCUT2D eigenvalue weighted by Gasteiger charge is 2.05. The molecule has 0 aliphatic rings. The molecule has 1 aromatic carbocycles. The molecule has 0 aromatic heterocycles. The lowest BCUT2D eigenvalue weighted by molar-refractivity contribution is -0.119. The molecule has 0 heterocycles. The number of amides is 3. The third kappa shape index (κ3) is 3.78. The topological polar surface area (TPSA) is 70.2 Å². The van der Waals surface area contributed by atoms with Crippen LogP contribution in [0, 0.1) is 0 Å². The van der Waals surface area contributed by atoms with E-state index in [1.165, 1.54) is 7.05 Å². The van der Waals surface area contributed by atoms with Crippen LogP contribution in [-0.2, 0) is 4.79 Å². The second-order valence-corrected chi connectivity index (χ2v) is 3.37. The van der Waals surface area contributed by atoms with Gasteiger partial charge in [0.1, 0.15) is 0 Å². The summed E-state index contributed by atoms with van der Waals surface area (Å²) in [7, 11) is 1.50. The number of hydrogen-bond donors (Lipinski definition) is 3. The van der Waals surface area contributed by atoms with E-state index < -0.39 is 6.03 Å². The minimum atomic E-state index is -0.475. The van der Waals surface area contributed by atoms with Gasteiger partial charge in [-0.1, -0.05) is 23.7 Å². The van der Waals surface area contributed by atoms with Crippen LogP contribution < -0.4 is 16.0 Å². The van der Waals surface area contributed by atoms with Gasteiger partial charge in [0.25, 0.3) is 0 Å². The number of halogens is 1. The first kappa shape index (κ1) is 12.3. The predicted octanol–water partition coefficient (Wildman–Crippen LogP) is 1.21. The maximum atomic E-state index is 11.3. The molecule has 16 heavy (non-hydrogen) atoms. The van der Waals surface area contributed by atoms with Crippen LogP contribution in [-0.4, -0.2) is 25.5 Å². The van der Waals surface area contributed by atoms with Crippen molar-refractivity contribution in [2.75, 3.05) is 18.9 Å². The zero-order chi connectivity index (χ0) is 12.0. The van der Waals surface area contributed by atoms with Gasteiger partial charge in [-0.2, -0.15) is 0 Å². The molecule has 3 amide bonds. The molecule has 1 rings (SSSR count). The zero-order valence-electron chi connectivity index (χ0n) is 8.71. The summed E-state index contributed by atoms with van der Waals surface area (Å²) in [5.74, 6) is -0.269. The van der Waals surface area contributed by atoms with E-state index in [9.17, 15) is 9.59 Å². The monoisotopic (exact) mass is 241 g/mol. The van der Waals surface area contributed by atoms with E-state index in [0.717, 1.165) is 0 Å². The lowest BCUT2D eigenvalue weighted by Gasteiger charge is -2.07. The molecule has 0 aliphatic heterocycles. The standard InChI is InChI=1S/C10H12ClN3O2/c1-12-9(15)6-13-10(16)14-8-5-3-2-4-7(8)11/h2-5H,6H2,1H3,(H,12,15)(H2,13,14,16). The second-order valence-electron chi connectivity index (χ2n) is 2.96. The summed E-state index contributed by atoms with van der Waals surface area (Å²) in [5, 5.41) is 7.75. The van der Waals surface area contributed by atoms with Crippen LogP contribution in [0.3, 0.4) is 0 Å². The molecule has 5 nitrogen and oxygen atoms in total. The molecule has 3 N–H and O–H groups in total. The van der Waals surface area contributed by atoms with E-state index in [2.05, 4.69) is 16.0 Å². The average Bonchev–Trinajstić information content (AvgIpc) is 2.29. The Morgan fingerprint density at radius 1 is 1.31 bits per heavy atom. The fraction of sp³-hybridized carbons (Fsp3) is 0.200. The molecule has 0 radical (unpaired) electrons. The SMILES string of the molecule is CNC(=O)CNC(=O)Nc1ccccc1Cl. The van der Waals surface area contributed by atoms with Crippen LogP contribution in [0.25, 0.3) is 0 Å². The first-order chi connectivity index (χ1) is 7.63. The number of carbonyl (C=O) groups is 2. The summed E-state index contributed by atoms with van der Waals surface area (Å²) >= 11 is 5.84. The van der Waals surface area contributed by atoms with Crippen molar-refractivity contribution in [1.29, 1.82) is 0 Å². The van der Waals surface area contributed by atoms with Crippen molar-refractivity contribution in [2.24, 2.45) is 0 Å². The Morgan fingerprint density at radius 2 is 2.00 bits per heavy atom. The number of anilines is 1. The minimum Gasteiger partial charge on any atom is -0.358 e. The summed E-state index contributed by atoms with van der Waals surface area (Å²) in [6, 6.07) is 6.37. The van der Waals surface area contributed by atoms with Gasteiger partial charge in [-0.15, -0.1) is 0 Å². The second kappa shape index (κ2) is 5.97. The Balaban J connectivity index is 2.46. The highest BCUT2D eigenvalue weighted by atomic mass is 35.5. The fourth-order valence-electron chi connectivity index (χ4n) is 0.978. The lowest BCUT2D eigenvalue weighted by atomic mass is 10.3. The van der Waals surface area contributed by atoms with Crippen molar-refractivity contribution in [2.45, 2.75) is 0 Å². The van der Waals surface area contributed by atoms with Gasteiger partial charge in [0.2, 0.25) is 5.91 Å². The fourth-order valence-corrected chi connectivity index (χ4v) is 1.16. The van der Waals surface area contributed by atoms with Gasteiger partial charge in [-0.05, 0) is 12.1 Å². The number of rotatable bonds is 3. The molecule has 86 valence electrons. The Bertz CT molecular complexity index is 395. The van der Waals surface area contributed by atoms with Crippen molar-refractivity contribution < 1.29 is 9.59 Å². The van der Waals surface area contributed by atoms with E-state index in [-0.39, 0.29) is 12.5 Å². The Labute approximate surface area is 98.2 Å². The van der Waals surface area contributed by atoms with Crippen LogP contribution in [0.2, 0.25) is 5.02 Å². The van der Waals surface area contributed by atoms with Gasteiger partial charge in [0, 0.05) is 7.05 Å². The molecule has 1 aromatic rings. The molecule has 0 bridgehead atoms. The summed E-state index contributed by atoms with van der Waals surface area (Å²) in [4.78, 5) is 22.2. The largest absolute Gasteiger partial charge is 0.358 e. The maximum absolute atomic E-state index is 11.3. The molecule has 0 saturated heterocycles. The quantitative estimate of drug-likeness (QED) is 0.744. The van der Waals surface area contributed by atoms with Gasteiger partial charge in [0.05, 0.1) is 17.3 Å². The van der Waals surface area contributed by atoms with Crippen molar-refractivity contribution in [1.82, 2.24) is 10.6 Å². The van der Waals surface area contributed by atoms with Crippen molar-refractivity contribution in [3.05, 3.63) is 29.3 Å². The number of hydrogen-bond acceptors (Lipinski definition) is 2. The predicted molar refractivity (Wildman–Crippen MR) is 62.5 cm³/mol. The Morgan fingerprint density at radius 3 is 2.62 bits per heavy atom. The highest BCUT2D eigenvalue weighted by Crippen LogP contribution is 2.19. The van der Waals surface area contributed by atoms with Gasteiger partial charge in [-0.3, -0.25) is 4.79 Å². The number of carbonyl (C=O) groups excluding carboxylic acids is 2. The number of benzene rings is 1. The Hall–Kier alpha value is -1.75. The molecule has 6 heteroatoms. The normalized spacial score (nSPS) is 9.38. The number of nitrogens with one attached hydrogen (secondary N) is 3. The van der Waals surface area contributed by atoms with Crippen LogP contribution in [0.4, 0.5) is 10.5 Å². The van der Waals surface area contributed by atoms with Gasteiger partial charge in [0.15, 0.2) is 0 Å². The van der Waals surface area contributed by atoms with E-state index in [1.807, 2.05) is 0 Å². The van der Waals surface area contributed by atoms with Gasteiger partial charge >= 0.3 is 6.03 Å². The van der Waals surface area contributed by atoms with Crippen molar-refractivity contribution in [3.63, 3.8) is 0 Å². The van der Waals surface area contributed by atoms with E-state index >= 15 is 0 Å².